The van der Waals surface area contributed by atoms with E-state index in [1.807, 2.05) is 58.2 Å². The van der Waals surface area contributed by atoms with Crippen molar-refractivity contribution in [2.45, 2.75) is 158 Å². The highest BCUT2D eigenvalue weighted by molar-refractivity contribution is 7.85. The molecule has 7 nitrogen and oxygen atoms in total. The van der Waals surface area contributed by atoms with Crippen molar-refractivity contribution in [1.29, 1.82) is 0 Å². The van der Waals surface area contributed by atoms with Crippen molar-refractivity contribution in [2.24, 2.45) is 67.0 Å². The van der Waals surface area contributed by atoms with Gasteiger partial charge in [-0.2, -0.15) is 4.40 Å². The topological polar surface area (TPSA) is 83.4 Å². The van der Waals surface area contributed by atoms with E-state index < -0.39 is 15.7 Å². The molecule has 1 aromatic carbocycles. The second kappa shape index (κ2) is 15.6. The second-order valence-corrected chi connectivity index (χ2v) is 23.2. The average Bonchev–Trinajstić information content (AvgIpc) is 3.13. The normalized spacial score (nSPS) is 40.2. The highest BCUT2D eigenvalue weighted by Gasteiger charge is 2.72. The number of carbonyl (C=O) groups excluding carboxylic acids is 1. The van der Waals surface area contributed by atoms with Gasteiger partial charge in [0.15, 0.2) is 0 Å². The molecule has 4 aliphatic carbocycles. The number of ether oxygens (including phenoxy) is 4. The molecule has 3 unspecified atom stereocenters. The van der Waals surface area contributed by atoms with Gasteiger partial charge in [0.2, 0.25) is 0 Å². The van der Waals surface area contributed by atoms with E-state index in [2.05, 4.69) is 75.3 Å². The lowest BCUT2D eigenvalue weighted by Crippen LogP contribution is -2.70. The molecule has 56 heavy (non-hydrogen) atoms. The number of nitrogens with zero attached hydrogens (tertiary/aromatic N) is 1. The number of rotatable bonds is 11. The number of allylic oxidation sites excluding steroid dienone is 1. The number of hydrogen-bond acceptors (Lipinski definition) is 6. The number of esters is 1. The Balaban J connectivity index is 1.36. The lowest BCUT2D eigenvalue weighted by atomic mass is 9.34. The molecule has 1 aromatic rings. The fraction of sp³-hybridized carbons (Fsp3) is 0.792. The Bertz CT molecular complexity index is 1680. The Morgan fingerprint density at radius 1 is 0.964 bits per heavy atom. The first kappa shape index (κ1) is 43.7. The van der Waals surface area contributed by atoms with E-state index in [9.17, 15) is 9.00 Å². The summed E-state index contributed by atoms with van der Waals surface area (Å²) >= 11 is 0. The van der Waals surface area contributed by atoms with Crippen molar-refractivity contribution in [1.82, 2.24) is 0 Å². The van der Waals surface area contributed by atoms with E-state index in [4.69, 9.17) is 23.3 Å². The van der Waals surface area contributed by atoms with Gasteiger partial charge in [-0.15, -0.1) is 0 Å². The van der Waals surface area contributed by atoms with E-state index in [1.165, 1.54) is 0 Å². The highest BCUT2D eigenvalue weighted by atomic mass is 32.2. The predicted molar refractivity (Wildman–Crippen MR) is 227 cm³/mol. The number of benzene rings is 1. The SMILES string of the molecule is CO[C@@H]1C[C@@]23COCC(C)([C@H]1OC(C)/C(=N/S(=O)C(C)(C)C)C(C)C)[C@@H]2CC[C@H]1C3=CC[C@@]2(C)[C@H](C(=O)OCc3ccccc3)[C@@](C)([C@H](C)C(C)C)CC[C@]12C. The summed E-state index contributed by atoms with van der Waals surface area (Å²) in [6.07, 6.45) is 7.88. The Hall–Kier alpha value is -1.87. The van der Waals surface area contributed by atoms with Crippen molar-refractivity contribution in [3.05, 3.63) is 47.5 Å². The van der Waals surface area contributed by atoms with Crippen LogP contribution in [0, 0.1) is 62.6 Å². The molecule has 6 rings (SSSR count). The van der Waals surface area contributed by atoms with Crippen molar-refractivity contribution < 1.29 is 28.0 Å². The molecule has 4 fully saturated rings. The molecule has 0 spiro atoms. The highest BCUT2D eigenvalue weighted by Crippen LogP contribution is 2.75. The van der Waals surface area contributed by atoms with Crippen LogP contribution in [0.2, 0.25) is 0 Å². The third-order valence-electron chi connectivity index (χ3n) is 16.7. The molecule has 0 aromatic heterocycles. The van der Waals surface area contributed by atoms with Gasteiger partial charge in [-0.1, -0.05) is 104 Å². The van der Waals surface area contributed by atoms with Gasteiger partial charge in [0.05, 0.1) is 47.9 Å². The van der Waals surface area contributed by atoms with Crippen LogP contribution >= 0.6 is 0 Å². The molecule has 1 heterocycles. The summed E-state index contributed by atoms with van der Waals surface area (Å²) in [6.45, 7) is 30.5. The van der Waals surface area contributed by atoms with Gasteiger partial charge < -0.3 is 18.9 Å². The van der Waals surface area contributed by atoms with Crippen molar-refractivity contribution in [2.75, 3.05) is 20.3 Å². The molecular weight excluding hydrogens is 719 g/mol. The van der Waals surface area contributed by atoms with Gasteiger partial charge in [0.1, 0.15) is 17.6 Å². The van der Waals surface area contributed by atoms with E-state index in [-0.39, 0.29) is 63.2 Å². The van der Waals surface area contributed by atoms with Crippen LogP contribution in [0.1, 0.15) is 134 Å². The van der Waals surface area contributed by atoms with Crippen LogP contribution in [-0.2, 0) is 41.3 Å². The zero-order valence-electron chi connectivity index (χ0n) is 37.3. The monoisotopic (exact) mass is 794 g/mol. The fourth-order valence-corrected chi connectivity index (χ4v) is 13.8. The predicted octanol–water partition coefficient (Wildman–Crippen LogP) is 10.6. The summed E-state index contributed by atoms with van der Waals surface area (Å²) in [5.41, 5.74) is 2.42. The minimum atomic E-state index is -1.38. The lowest BCUT2D eigenvalue weighted by Gasteiger charge is -2.71. The zero-order valence-corrected chi connectivity index (χ0v) is 38.1. The van der Waals surface area contributed by atoms with Crippen LogP contribution in [0.5, 0.6) is 0 Å². The van der Waals surface area contributed by atoms with Crippen molar-refractivity contribution in [3.63, 3.8) is 0 Å². The summed E-state index contributed by atoms with van der Waals surface area (Å²) in [5.74, 6) is 1.36. The average molecular weight is 794 g/mol. The van der Waals surface area contributed by atoms with Crippen molar-refractivity contribution in [3.8, 4) is 0 Å². The molecule has 8 heteroatoms. The molecule has 1 saturated heterocycles. The third-order valence-corrected chi connectivity index (χ3v) is 18.1. The molecule has 3 saturated carbocycles. The van der Waals surface area contributed by atoms with Gasteiger partial charge in [-0.25, -0.2) is 4.21 Å². The molecule has 0 radical (unpaired) electrons. The zero-order chi connectivity index (χ0) is 41.2. The minimum Gasteiger partial charge on any atom is -0.461 e. The second-order valence-electron chi connectivity index (χ2n) is 21.3. The molecule has 0 N–H and O–H groups in total. The Morgan fingerprint density at radius 2 is 1.64 bits per heavy atom. The van der Waals surface area contributed by atoms with Crippen LogP contribution < -0.4 is 0 Å². The Kier molecular flexibility index (Phi) is 12.2. The van der Waals surface area contributed by atoms with E-state index >= 15 is 0 Å². The summed E-state index contributed by atoms with van der Waals surface area (Å²) in [6, 6.07) is 10.1. The minimum absolute atomic E-state index is 0.0311. The first-order valence-electron chi connectivity index (χ1n) is 21.8. The summed E-state index contributed by atoms with van der Waals surface area (Å²) in [5, 5.41) is 0. The lowest BCUT2D eigenvalue weighted by molar-refractivity contribution is -0.270. The largest absolute Gasteiger partial charge is 0.461 e. The van der Waals surface area contributed by atoms with Crippen LogP contribution in [-0.4, -0.2) is 59.3 Å². The van der Waals surface area contributed by atoms with Gasteiger partial charge in [0.25, 0.3) is 0 Å². The van der Waals surface area contributed by atoms with E-state index in [0.29, 0.717) is 43.5 Å². The van der Waals surface area contributed by atoms with Crippen LogP contribution in [0.25, 0.3) is 0 Å². The maximum absolute atomic E-state index is 14.8. The Labute approximate surface area is 342 Å². The molecule has 5 aliphatic rings. The third kappa shape index (κ3) is 7.04. The first-order valence-corrected chi connectivity index (χ1v) is 22.9. The number of hydrogen-bond donors (Lipinski definition) is 0. The quantitative estimate of drug-likeness (QED) is 0.126. The molecule has 1 aliphatic heterocycles. The summed E-state index contributed by atoms with van der Waals surface area (Å²) in [4.78, 5) is 14.8. The smallest absolute Gasteiger partial charge is 0.310 e. The summed E-state index contributed by atoms with van der Waals surface area (Å²) < 4.78 is 44.3. The van der Waals surface area contributed by atoms with Crippen LogP contribution in [0.4, 0.5) is 0 Å². The fourth-order valence-electron chi connectivity index (χ4n) is 13.0. The van der Waals surface area contributed by atoms with Gasteiger partial charge >= 0.3 is 5.97 Å². The molecule has 314 valence electrons. The molecular formula is C48H75NO6S. The van der Waals surface area contributed by atoms with Crippen LogP contribution in [0.3, 0.4) is 0 Å². The molecule has 0 amide bonds. The number of fused-ring (bicyclic) bond motifs is 3. The molecule has 2 bridgehead atoms. The standard InChI is InChI=1S/C48H75NO6S/c1-30(2)32(5)44(10)24-25-46(12)35-20-21-38-45(11)28-53-29-48(38,26-37(52-14)41(45)55-33(6)39(31(3)4)49-56(51)43(7,8)9)36(35)22-23-47(46,13)40(44)42(50)54-27-34-18-16-15-17-19-34/h15-19,22,30-33,35,37-38,40-41H,20-21,23-29H2,1-14H3/b49-39+/t32-,33?,35+,37-,38+,40-,41+,44-,45?,46-,47+,48+,56?/m1/s1. The maximum Gasteiger partial charge on any atom is 0.310 e. The van der Waals surface area contributed by atoms with Crippen LogP contribution in [0.15, 0.2) is 46.4 Å². The van der Waals surface area contributed by atoms with Gasteiger partial charge in [-0.3, -0.25) is 4.79 Å². The van der Waals surface area contributed by atoms with E-state index in [1.54, 1.807) is 5.57 Å². The first-order chi connectivity index (χ1) is 26.1. The number of carbonyl (C=O) groups is 1. The number of methoxy groups -OCH3 is 1. The Morgan fingerprint density at radius 3 is 2.25 bits per heavy atom. The van der Waals surface area contributed by atoms with Crippen molar-refractivity contribution >= 4 is 22.7 Å². The molecule has 13 atom stereocenters. The maximum atomic E-state index is 14.8. The van der Waals surface area contributed by atoms with Gasteiger partial charge in [0, 0.05) is 17.9 Å². The summed E-state index contributed by atoms with van der Waals surface area (Å²) in [7, 11) is 0.464. The van der Waals surface area contributed by atoms with E-state index in [0.717, 1.165) is 49.8 Å². The van der Waals surface area contributed by atoms with Gasteiger partial charge in [-0.05, 0) is 118 Å².